The average molecular weight is 490 g/mol. The van der Waals surface area contributed by atoms with E-state index < -0.39 is 5.91 Å². The summed E-state index contributed by atoms with van der Waals surface area (Å²) in [6, 6.07) is 9.63. The monoisotopic (exact) mass is 489 g/mol. The second-order valence-electron chi connectivity index (χ2n) is 6.10. The third kappa shape index (κ3) is 5.52. The summed E-state index contributed by atoms with van der Waals surface area (Å²) in [5.74, 6) is 0.704. The highest BCUT2D eigenvalue weighted by molar-refractivity contribution is 9.10. The van der Waals surface area contributed by atoms with Gasteiger partial charge in [-0.1, -0.05) is 17.3 Å². The van der Waals surface area contributed by atoms with Gasteiger partial charge in [-0.3, -0.25) is 9.59 Å². The Morgan fingerprint density at radius 1 is 1.37 bits per heavy atom. The highest BCUT2D eigenvalue weighted by Gasteiger charge is 2.18. The molecule has 0 aliphatic heterocycles. The topological polar surface area (TPSA) is 127 Å². The fraction of sp³-hybridized carbons (Fsp3) is 0.200. The van der Waals surface area contributed by atoms with Crippen LogP contribution in [0.25, 0.3) is 5.82 Å². The van der Waals surface area contributed by atoms with E-state index in [1.807, 2.05) is 30.5 Å². The Bertz CT molecular complexity index is 1130. The molecule has 1 amide bonds. The van der Waals surface area contributed by atoms with Crippen LogP contribution in [0, 0.1) is 25.3 Å². The number of aromatic nitrogens is 2. The summed E-state index contributed by atoms with van der Waals surface area (Å²) in [7, 11) is 0. The first-order valence-corrected chi connectivity index (χ1v) is 10.7. The van der Waals surface area contributed by atoms with E-state index in [1.54, 1.807) is 36.2 Å². The van der Waals surface area contributed by atoms with Crippen molar-refractivity contribution >= 4 is 33.6 Å². The SMILES string of the molecule is CSc1ccc(CNC(=O)c2cn(-c3cc(C)on3)c(C)c(Br)c2=O)cc1.N#CN. The second kappa shape index (κ2) is 10.7. The molecule has 3 rings (SSSR count). The lowest BCUT2D eigenvalue weighted by Crippen LogP contribution is -2.30. The minimum atomic E-state index is -0.441. The lowest BCUT2D eigenvalue weighted by molar-refractivity contribution is 0.0949. The summed E-state index contributed by atoms with van der Waals surface area (Å²) >= 11 is 4.95. The van der Waals surface area contributed by atoms with E-state index in [-0.39, 0.29) is 11.0 Å². The van der Waals surface area contributed by atoms with Crippen molar-refractivity contribution in [2.75, 3.05) is 6.26 Å². The fourth-order valence-corrected chi connectivity index (χ4v) is 3.37. The van der Waals surface area contributed by atoms with E-state index in [0.717, 1.165) is 10.5 Å². The van der Waals surface area contributed by atoms with Gasteiger partial charge >= 0.3 is 0 Å². The van der Waals surface area contributed by atoms with Gasteiger partial charge in [-0.25, -0.2) is 0 Å². The molecule has 0 spiro atoms. The molecule has 8 nitrogen and oxygen atoms in total. The predicted octanol–water partition coefficient (Wildman–Crippen LogP) is 3.28. The first-order chi connectivity index (χ1) is 14.3. The number of nitrogens with two attached hydrogens (primary N) is 1. The number of amides is 1. The molecule has 0 saturated heterocycles. The number of benzene rings is 1. The molecule has 2 heterocycles. The lowest BCUT2D eigenvalue weighted by Gasteiger charge is -2.12. The summed E-state index contributed by atoms with van der Waals surface area (Å²) in [5.41, 5.74) is 5.42. The van der Waals surface area contributed by atoms with Crippen LogP contribution in [0.3, 0.4) is 0 Å². The van der Waals surface area contributed by atoms with Gasteiger partial charge in [0.2, 0.25) is 5.43 Å². The van der Waals surface area contributed by atoms with Gasteiger partial charge in [0.1, 0.15) is 11.3 Å². The standard InChI is InChI=1S/C19H18BrN3O3S.CH2N2/c1-11-8-16(22-26-11)23-10-15(18(24)17(20)12(23)2)19(25)21-9-13-4-6-14(27-3)7-5-13;2-1-3/h4-8,10H,9H2,1-3H3,(H,21,25);2H2. The molecule has 1 aromatic carbocycles. The van der Waals surface area contributed by atoms with Crippen molar-refractivity contribution in [3.63, 3.8) is 0 Å². The number of carbonyl (C=O) groups is 1. The molecular weight excluding hydrogens is 470 g/mol. The van der Waals surface area contributed by atoms with E-state index in [4.69, 9.17) is 9.78 Å². The third-order valence-corrected chi connectivity index (χ3v) is 5.78. The molecule has 3 aromatic rings. The molecule has 10 heteroatoms. The zero-order chi connectivity index (χ0) is 22.3. The van der Waals surface area contributed by atoms with Crippen molar-refractivity contribution in [1.29, 1.82) is 5.26 Å². The number of nitrogens with zero attached hydrogens (tertiary/aromatic N) is 3. The number of thioether (sulfide) groups is 1. The van der Waals surface area contributed by atoms with Gasteiger partial charge in [0.05, 0.1) is 4.47 Å². The van der Waals surface area contributed by atoms with Gasteiger partial charge in [-0.2, -0.15) is 5.26 Å². The maximum absolute atomic E-state index is 12.6. The van der Waals surface area contributed by atoms with Crippen LogP contribution in [0.4, 0.5) is 0 Å². The van der Waals surface area contributed by atoms with Crippen molar-refractivity contribution < 1.29 is 9.32 Å². The van der Waals surface area contributed by atoms with Crippen LogP contribution in [0.5, 0.6) is 0 Å². The lowest BCUT2D eigenvalue weighted by atomic mass is 10.2. The van der Waals surface area contributed by atoms with Crippen molar-refractivity contribution in [2.45, 2.75) is 25.3 Å². The largest absolute Gasteiger partial charge is 0.360 e. The normalized spacial score (nSPS) is 9.97. The average Bonchev–Trinajstić information content (AvgIpc) is 3.17. The fourth-order valence-electron chi connectivity index (χ4n) is 2.56. The van der Waals surface area contributed by atoms with E-state index in [1.165, 1.54) is 12.4 Å². The smallest absolute Gasteiger partial charge is 0.257 e. The third-order valence-electron chi connectivity index (χ3n) is 4.10. The van der Waals surface area contributed by atoms with Crippen molar-refractivity contribution in [2.24, 2.45) is 5.73 Å². The Morgan fingerprint density at radius 2 is 2.00 bits per heavy atom. The molecular formula is C20H20BrN5O3S. The number of halogens is 1. The number of rotatable bonds is 5. The first-order valence-electron chi connectivity index (χ1n) is 8.68. The number of aryl methyl sites for hydroxylation is 1. The highest BCUT2D eigenvalue weighted by atomic mass is 79.9. The van der Waals surface area contributed by atoms with Crippen molar-refractivity contribution in [1.82, 2.24) is 15.0 Å². The van der Waals surface area contributed by atoms with Crippen LogP contribution < -0.4 is 16.5 Å². The van der Waals surface area contributed by atoms with E-state index in [0.29, 0.717) is 28.3 Å². The van der Waals surface area contributed by atoms with Crippen LogP contribution in [0.1, 0.15) is 27.4 Å². The molecule has 0 aliphatic carbocycles. The first kappa shape index (κ1) is 23.3. The Labute approximate surface area is 186 Å². The molecule has 2 aromatic heterocycles. The van der Waals surface area contributed by atoms with Gasteiger partial charge in [0.15, 0.2) is 12.0 Å². The Morgan fingerprint density at radius 3 is 2.53 bits per heavy atom. The zero-order valence-corrected chi connectivity index (χ0v) is 19.0. The highest BCUT2D eigenvalue weighted by Crippen LogP contribution is 2.18. The molecule has 0 saturated carbocycles. The Balaban J connectivity index is 0.00000101. The van der Waals surface area contributed by atoms with E-state index in [2.05, 4.69) is 32.1 Å². The number of nitriles is 1. The van der Waals surface area contributed by atoms with Crippen LogP contribution in [0.2, 0.25) is 0 Å². The van der Waals surface area contributed by atoms with Gasteiger partial charge in [-0.15, -0.1) is 11.8 Å². The van der Waals surface area contributed by atoms with Gasteiger partial charge in [0, 0.05) is 29.4 Å². The van der Waals surface area contributed by atoms with Crippen LogP contribution in [0.15, 0.2) is 55.2 Å². The summed E-state index contributed by atoms with van der Waals surface area (Å²) in [4.78, 5) is 26.3. The molecule has 30 heavy (non-hydrogen) atoms. The molecule has 0 bridgehead atoms. The maximum Gasteiger partial charge on any atom is 0.257 e. The minimum Gasteiger partial charge on any atom is -0.360 e. The quantitative estimate of drug-likeness (QED) is 0.319. The van der Waals surface area contributed by atoms with Crippen LogP contribution in [-0.4, -0.2) is 21.9 Å². The minimum absolute atomic E-state index is 0.0360. The van der Waals surface area contributed by atoms with Gasteiger partial charge in [0.25, 0.3) is 5.91 Å². The molecule has 0 unspecified atom stereocenters. The van der Waals surface area contributed by atoms with Crippen molar-refractivity contribution in [3.05, 3.63) is 73.8 Å². The molecule has 0 radical (unpaired) electrons. The van der Waals surface area contributed by atoms with Crippen LogP contribution in [-0.2, 0) is 6.54 Å². The number of hydrogen-bond acceptors (Lipinski definition) is 7. The Hall–Kier alpha value is -3.03. The van der Waals surface area contributed by atoms with Crippen molar-refractivity contribution in [3.8, 4) is 12.0 Å². The van der Waals surface area contributed by atoms with E-state index in [9.17, 15) is 9.59 Å². The molecule has 0 atom stereocenters. The number of pyridine rings is 1. The molecule has 0 fully saturated rings. The Kier molecular flexibility index (Phi) is 8.26. The number of hydrogen-bond donors (Lipinski definition) is 2. The molecule has 3 N–H and O–H groups in total. The van der Waals surface area contributed by atoms with Gasteiger partial charge in [-0.05, 0) is 53.7 Å². The summed E-state index contributed by atoms with van der Waals surface area (Å²) in [6.45, 7) is 3.88. The maximum atomic E-state index is 12.6. The summed E-state index contributed by atoms with van der Waals surface area (Å²) in [6.07, 6.45) is 4.75. The van der Waals surface area contributed by atoms with E-state index >= 15 is 0 Å². The summed E-state index contributed by atoms with van der Waals surface area (Å²) in [5, 5.41) is 13.9. The number of nitrogens with one attached hydrogen (secondary N) is 1. The molecule has 156 valence electrons. The summed E-state index contributed by atoms with van der Waals surface area (Å²) < 4.78 is 7.08. The second-order valence-corrected chi connectivity index (χ2v) is 7.77. The van der Waals surface area contributed by atoms with Gasteiger partial charge < -0.3 is 20.1 Å². The van der Waals surface area contributed by atoms with Crippen LogP contribution >= 0.6 is 27.7 Å². The molecule has 0 aliphatic rings. The predicted molar refractivity (Wildman–Crippen MR) is 118 cm³/mol. The zero-order valence-electron chi connectivity index (χ0n) is 16.6. The number of carbonyl (C=O) groups excluding carboxylic acids is 1.